The number of ether oxygens (including phenoxy) is 1. The molecule has 11 heteroatoms. The number of H-pyrrole nitrogens is 1. The van der Waals surface area contributed by atoms with Gasteiger partial charge in [-0.25, -0.2) is 4.79 Å². The van der Waals surface area contributed by atoms with Gasteiger partial charge >= 0.3 is 5.97 Å². The van der Waals surface area contributed by atoms with Crippen molar-refractivity contribution in [1.29, 1.82) is 0 Å². The second-order valence-corrected chi connectivity index (χ2v) is 10.1. The number of fused-ring (bicyclic) bond motifs is 1. The van der Waals surface area contributed by atoms with Gasteiger partial charge in [-0.1, -0.05) is 41.6 Å². The van der Waals surface area contributed by atoms with E-state index in [0.29, 0.717) is 15.6 Å². The molecule has 2 aromatic heterocycles. The summed E-state index contributed by atoms with van der Waals surface area (Å²) in [5.74, 6) is -0.717. The number of aryl methyl sites for hydroxylation is 1. The van der Waals surface area contributed by atoms with Gasteiger partial charge in [-0.05, 0) is 49.8 Å². The van der Waals surface area contributed by atoms with Crippen LogP contribution in [0.4, 0.5) is 5.00 Å². The van der Waals surface area contributed by atoms with Crippen molar-refractivity contribution in [3.8, 4) is 0 Å². The van der Waals surface area contributed by atoms with Crippen molar-refractivity contribution in [2.45, 2.75) is 44.2 Å². The first kappa shape index (κ1) is 24.4. The summed E-state index contributed by atoms with van der Waals surface area (Å²) in [6, 6.07) is 7.22. The Morgan fingerprint density at radius 2 is 2.03 bits per heavy atom. The van der Waals surface area contributed by atoms with Crippen molar-refractivity contribution in [2.75, 3.05) is 17.7 Å². The molecule has 0 atom stereocenters. The van der Waals surface area contributed by atoms with E-state index in [4.69, 9.17) is 16.3 Å². The van der Waals surface area contributed by atoms with Crippen LogP contribution < -0.4 is 10.9 Å². The number of aromatic amines is 1. The Kier molecular flexibility index (Phi) is 8.02. The fourth-order valence-electron chi connectivity index (χ4n) is 3.72. The SMILES string of the molecule is CCOC(=O)c1c(NC(=O)CSc2nnc(Cc3ccccc3Cl)c(=O)[nH]2)sc2c1CCCC2. The normalized spacial score (nSPS) is 12.8. The molecule has 1 aliphatic carbocycles. The van der Waals surface area contributed by atoms with Gasteiger partial charge in [-0.3, -0.25) is 14.6 Å². The zero-order valence-corrected chi connectivity index (χ0v) is 20.9. The van der Waals surface area contributed by atoms with Crippen molar-refractivity contribution in [2.24, 2.45) is 0 Å². The molecule has 1 amide bonds. The summed E-state index contributed by atoms with van der Waals surface area (Å²) >= 11 is 8.65. The van der Waals surface area contributed by atoms with Gasteiger partial charge in [0.25, 0.3) is 5.56 Å². The van der Waals surface area contributed by atoms with E-state index in [-0.39, 0.29) is 41.1 Å². The number of hydrogen-bond donors (Lipinski definition) is 2. The summed E-state index contributed by atoms with van der Waals surface area (Å²) < 4.78 is 5.22. The standard InChI is InChI=1S/C23H23ClN4O4S2/c1-2-32-22(31)19-14-8-4-6-10-17(14)34-21(19)25-18(29)12-33-23-26-20(30)16(27-28-23)11-13-7-3-5-9-15(13)24/h3,5,7,9H,2,4,6,8,10-12H2,1H3,(H,25,29)(H,26,28,30). The number of halogens is 1. The lowest BCUT2D eigenvalue weighted by atomic mass is 9.95. The molecule has 0 bridgehead atoms. The van der Waals surface area contributed by atoms with Crippen molar-refractivity contribution in [3.05, 3.63) is 66.9 Å². The van der Waals surface area contributed by atoms with Gasteiger partial charge in [0.1, 0.15) is 10.7 Å². The van der Waals surface area contributed by atoms with Crippen LogP contribution >= 0.6 is 34.7 Å². The fourth-order valence-corrected chi connectivity index (χ4v) is 5.82. The van der Waals surface area contributed by atoms with Gasteiger partial charge in [-0.15, -0.1) is 21.5 Å². The Bertz CT molecular complexity index is 1270. The number of nitrogens with one attached hydrogen (secondary N) is 2. The highest BCUT2D eigenvalue weighted by Gasteiger charge is 2.27. The molecule has 1 aliphatic rings. The number of nitrogens with zero attached hydrogens (tertiary/aromatic N) is 2. The first-order valence-corrected chi connectivity index (χ1v) is 13.1. The number of carbonyl (C=O) groups is 2. The minimum absolute atomic E-state index is 0.000682. The van der Waals surface area contributed by atoms with Crippen LogP contribution in [0.2, 0.25) is 5.02 Å². The largest absolute Gasteiger partial charge is 0.462 e. The Balaban J connectivity index is 1.41. The van der Waals surface area contributed by atoms with Gasteiger partial charge in [0.05, 0.1) is 17.9 Å². The maximum atomic E-state index is 12.6. The molecule has 0 saturated carbocycles. The lowest BCUT2D eigenvalue weighted by Gasteiger charge is -2.12. The number of thiophene rings is 1. The minimum Gasteiger partial charge on any atom is -0.462 e. The minimum atomic E-state index is -0.408. The second-order valence-electron chi connectivity index (χ2n) is 7.65. The second kappa shape index (κ2) is 11.2. The summed E-state index contributed by atoms with van der Waals surface area (Å²) in [6.07, 6.45) is 4.04. The number of esters is 1. The van der Waals surface area contributed by atoms with Crippen LogP contribution in [0, 0.1) is 0 Å². The lowest BCUT2D eigenvalue weighted by molar-refractivity contribution is -0.113. The molecular formula is C23H23ClN4O4S2. The number of thioether (sulfide) groups is 1. The number of aromatic nitrogens is 3. The smallest absolute Gasteiger partial charge is 0.341 e. The first-order valence-electron chi connectivity index (χ1n) is 10.9. The molecule has 0 fully saturated rings. The molecule has 2 heterocycles. The number of hydrogen-bond acceptors (Lipinski definition) is 8. The highest BCUT2D eigenvalue weighted by molar-refractivity contribution is 7.99. The zero-order valence-electron chi connectivity index (χ0n) is 18.5. The highest BCUT2D eigenvalue weighted by atomic mass is 35.5. The summed E-state index contributed by atoms with van der Waals surface area (Å²) in [7, 11) is 0. The van der Waals surface area contributed by atoms with Gasteiger partial charge in [-0.2, -0.15) is 0 Å². The maximum absolute atomic E-state index is 12.6. The predicted molar refractivity (Wildman–Crippen MR) is 133 cm³/mol. The lowest BCUT2D eigenvalue weighted by Crippen LogP contribution is -2.20. The third kappa shape index (κ3) is 5.68. The molecular weight excluding hydrogens is 496 g/mol. The number of benzene rings is 1. The van der Waals surface area contributed by atoms with E-state index in [1.165, 1.54) is 11.3 Å². The summed E-state index contributed by atoms with van der Waals surface area (Å²) in [4.78, 5) is 41.4. The van der Waals surface area contributed by atoms with Gasteiger partial charge in [0.15, 0.2) is 5.16 Å². The van der Waals surface area contributed by atoms with E-state index < -0.39 is 5.97 Å². The first-order chi connectivity index (χ1) is 16.5. The number of carbonyl (C=O) groups excluding carboxylic acids is 2. The topological polar surface area (TPSA) is 114 Å². The van der Waals surface area contributed by atoms with E-state index in [0.717, 1.165) is 53.4 Å². The van der Waals surface area contributed by atoms with E-state index in [1.54, 1.807) is 13.0 Å². The van der Waals surface area contributed by atoms with E-state index in [2.05, 4.69) is 20.5 Å². The molecule has 8 nitrogen and oxygen atoms in total. The van der Waals surface area contributed by atoms with Crippen LogP contribution in [0.25, 0.3) is 0 Å². The van der Waals surface area contributed by atoms with Crippen molar-refractivity contribution in [3.63, 3.8) is 0 Å². The van der Waals surface area contributed by atoms with Crippen molar-refractivity contribution < 1.29 is 14.3 Å². The van der Waals surface area contributed by atoms with Gasteiger partial charge < -0.3 is 10.1 Å². The summed E-state index contributed by atoms with van der Waals surface area (Å²) in [5.41, 5.74) is 2.09. The molecule has 2 N–H and O–H groups in total. The number of rotatable bonds is 8. The molecule has 0 saturated heterocycles. The van der Waals surface area contributed by atoms with Crippen LogP contribution in [0.5, 0.6) is 0 Å². The molecule has 0 unspecified atom stereocenters. The zero-order chi connectivity index (χ0) is 24.1. The Morgan fingerprint density at radius 1 is 1.24 bits per heavy atom. The van der Waals surface area contributed by atoms with Crippen molar-refractivity contribution in [1.82, 2.24) is 15.2 Å². The van der Waals surface area contributed by atoms with Gasteiger partial charge in [0, 0.05) is 16.3 Å². The molecule has 0 aliphatic heterocycles. The monoisotopic (exact) mass is 518 g/mol. The Hall–Kier alpha value is -2.69. The molecule has 4 rings (SSSR count). The summed E-state index contributed by atoms with van der Waals surface area (Å²) in [5, 5.41) is 12.2. The highest BCUT2D eigenvalue weighted by Crippen LogP contribution is 2.38. The van der Waals surface area contributed by atoms with Crippen LogP contribution in [0.3, 0.4) is 0 Å². The van der Waals surface area contributed by atoms with Crippen LogP contribution in [-0.2, 0) is 28.8 Å². The molecule has 0 spiro atoms. The van der Waals surface area contributed by atoms with Crippen LogP contribution in [-0.4, -0.2) is 39.4 Å². The Morgan fingerprint density at radius 3 is 2.79 bits per heavy atom. The molecule has 178 valence electrons. The van der Waals surface area contributed by atoms with Crippen LogP contribution in [0.15, 0.2) is 34.2 Å². The van der Waals surface area contributed by atoms with Crippen LogP contribution in [0.1, 0.15) is 51.8 Å². The molecule has 0 radical (unpaired) electrons. The Labute approximate surface area is 209 Å². The number of amides is 1. The third-order valence-electron chi connectivity index (χ3n) is 5.30. The van der Waals surface area contributed by atoms with E-state index >= 15 is 0 Å². The van der Waals surface area contributed by atoms with Gasteiger partial charge in [0.2, 0.25) is 5.91 Å². The summed E-state index contributed by atoms with van der Waals surface area (Å²) in [6.45, 7) is 2.03. The van der Waals surface area contributed by atoms with E-state index in [1.807, 2.05) is 18.2 Å². The molecule has 34 heavy (non-hydrogen) atoms. The molecule has 3 aromatic rings. The third-order valence-corrected chi connectivity index (χ3v) is 7.74. The average Bonchev–Trinajstić information content (AvgIpc) is 3.18. The average molecular weight is 519 g/mol. The fraction of sp³-hybridized carbons (Fsp3) is 0.348. The number of anilines is 1. The quantitative estimate of drug-likeness (QED) is 0.338. The predicted octanol–water partition coefficient (Wildman–Crippen LogP) is 4.26. The van der Waals surface area contributed by atoms with Crippen molar-refractivity contribution >= 4 is 51.6 Å². The maximum Gasteiger partial charge on any atom is 0.341 e. The molecule has 1 aromatic carbocycles. The van der Waals surface area contributed by atoms with E-state index in [9.17, 15) is 14.4 Å².